The van der Waals surface area contributed by atoms with Gasteiger partial charge in [0.05, 0.1) is 14.2 Å². The molecule has 0 aliphatic carbocycles. The fourth-order valence-corrected chi connectivity index (χ4v) is 2.16. The molecule has 1 N–H and O–H groups in total. The molecule has 0 saturated heterocycles. The molecule has 0 bridgehead atoms. The van der Waals surface area contributed by atoms with Crippen molar-refractivity contribution in [1.29, 1.82) is 0 Å². The van der Waals surface area contributed by atoms with Gasteiger partial charge in [-0.3, -0.25) is 4.79 Å². The zero-order valence-electron chi connectivity index (χ0n) is 13.9. The van der Waals surface area contributed by atoms with E-state index in [1.54, 1.807) is 31.4 Å². The minimum Gasteiger partial charge on any atom is -0.497 e. The first-order chi connectivity index (χ1) is 12.0. The molecule has 0 aliphatic heterocycles. The van der Waals surface area contributed by atoms with Crippen LogP contribution in [-0.2, 0) is 4.79 Å². The van der Waals surface area contributed by atoms with E-state index < -0.39 is 5.97 Å². The number of carboxylic acid groups (broad SMARTS) is 1. The highest BCUT2D eigenvalue weighted by molar-refractivity contribution is 6.07. The minimum atomic E-state index is -1.07. The van der Waals surface area contributed by atoms with E-state index in [0.29, 0.717) is 16.9 Å². The molecule has 0 unspecified atom stereocenters. The average Bonchev–Trinajstić information content (AvgIpc) is 2.64. The highest BCUT2D eigenvalue weighted by Crippen LogP contribution is 2.22. The molecular weight excluding hydrogens is 320 g/mol. The maximum Gasteiger partial charge on any atom is 0.328 e. The Morgan fingerprint density at radius 3 is 2.24 bits per heavy atom. The Morgan fingerprint density at radius 2 is 1.64 bits per heavy atom. The van der Waals surface area contributed by atoms with Crippen LogP contribution in [0, 0.1) is 0 Å². The lowest BCUT2D eigenvalue weighted by Gasteiger charge is -2.06. The quantitative estimate of drug-likeness (QED) is 0.615. The first-order valence-electron chi connectivity index (χ1n) is 7.49. The van der Waals surface area contributed by atoms with E-state index in [0.717, 1.165) is 17.4 Å². The van der Waals surface area contributed by atoms with Gasteiger partial charge in [0.2, 0.25) is 0 Å². The summed E-state index contributed by atoms with van der Waals surface area (Å²) in [7, 11) is 3.08. The topological polar surface area (TPSA) is 72.8 Å². The summed E-state index contributed by atoms with van der Waals surface area (Å²) < 4.78 is 10.3. The number of hydrogen-bond donors (Lipinski definition) is 1. The fraction of sp³-hybridized carbons (Fsp3) is 0.100. The van der Waals surface area contributed by atoms with Crippen LogP contribution in [0.15, 0.2) is 54.6 Å². The van der Waals surface area contributed by atoms with E-state index in [-0.39, 0.29) is 5.78 Å². The summed E-state index contributed by atoms with van der Waals surface area (Å²) in [6, 6.07) is 12.2. The van der Waals surface area contributed by atoms with Crippen molar-refractivity contribution in [3.05, 3.63) is 71.3 Å². The molecule has 0 atom stereocenters. The SMILES string of the molecule is COc1ccc(/C=C/C(=O)c2ccc(OC)c(/C=C/C(=O)O)c2)cc1. The number of aliphatic carboxylic acids is 1. The van der Waals surface area contributed by atoms with Gasteiger partial charge in [0.1, 0.15) is 11.5 Å². The Kier molecular flexibility index (Phi) is 6.12. The molecule has 25 heavy (non-hydrogen) atoms. The summed E-state index contributed by atoms with van der Waals surface area (Å²) in [6.45, 7) is 0. The molecule has 0 amide bonds. The normalized spacial score (nSPS) is 11.0. The van der Waals surface area contributed by atoms with Gasteiger partial charge in [-0.1, -0.05) is 18.2 Å². The van der Waals surface area contributed by atoms with Gasteiger partial charge in [0.15, 0.2) is 5.78 Å². The molecule has 128 valence electrons. The highest BCUT2D eigenvalue weighted by Gasteiger charge is 2.07. The fourth-order valence-electron chi connectivity index (χ4n) is 2.16. The third kappa shape index (κ3) is 5.07. The second kappa shape index (κ2) is 8.49. The van der Waals surface area contributed by atoms with Crippen LogP contribution in [-0.4, -0.2) is 31.1 Å². The maximum atomic E-state index is 12.3. The van der Waals surface area contributed by atoms with Crippen LogP contribution in [0.4, 0.5) is 0 Å². The molecule has 5 nitrogen and oxygen atoms in total. The monoisotopic (exact) mass is 338 g/mol. The first-order valence-corrected chi connectivity index (χ1v) is 7.49. The maximum absolute atomic E-state index is 12.3. The van der Waals surface area contributed by atoms with Gasteiger partial charge in [0, 0.05) is 17.2 Å². The van der Waals surface area contributed by atoms with Crippen molar-refractivity contribution in [2.45, 2.75) is 0 Å². The number of hydrogen-bond acceptors (Lipinski definition) is 4. The Balaban J connectivity index is 2.21. The Morgan fingerprint density at radius 1 is 0.920 bits per heavy atom. The number of ether oxygens (including phenoxy) is 2. The van der Waals surface area contributed by atoms with E-state index in [1.807, 2.05) is 24.3 Å². The number of allylic oxidation sites excluding steroid dienone is 1. The molecule has 5 heteroatoms. The van der Waals surface area contributed by atoms with Gasteiger partial charge in [-0.25, -0.2) is 4.79 Å². The molecule has 0 radical (unpaired) electrons. The van der Waals surface area contributed by atoms with Gasteiger partial charge in [-0.2, -0.15) is 0 Å². The third-order valence-electron chi connectivity index (χ3n) is 3.46. The Bertz CT molecular complexity index is 816. The predicted octanol–water partition coefficient (Wildman–Crippen LogP) is 3.70. The molecule has 0 aliphatic rings. The number of carbonyl (C=O) groups is 2. The van der Waals surface area contributed by atoms with Crippen LogP contribution in [0.5, 0.6) is 11.5 Å². The van der Waals surface area contributed by atoms with Gasteiger partial charge >= 0.3 is 5.97 Å². The third-order valence-corrected chi connectivity index (χ3v) is 3.46. The van der Waals surface area contributed by atoms with Crippen molar-refractivity contribution in [2.75, 3.05) is 14.2 Å². The summed E-state index contributed by atoms with van der Waals surface area (Å²) in [6.07, 6.45) is 5.57. The van der Waals surface area contributed by atoms with Crippen molar-refractivity contribution in [1.82, 2.24) is 0 Å². The highest BCUT2D eigenvalue weighted by atomic mass is 16.5. The molecule has 2 rings (SSSR count). The van der Waals surface area contributed by atoms with Gasteiger partial charge in [-0.05, 0) is 48.0 Å². The van der Waals surface area contributed by atoms with Crippen LogP contribution < -0.4 is 9.47 Å². The number of carbonyl (C=O) groups excluding carboxylic acids is 1. The molecular formula is C20H18O5. The van der Waals surface area contributed by atoms with E-state index in [2.05, 4.69) is 0 Å². The van der Waals surface area contributed by atoms with Crippen molar-refractivity contribution in [2.24, 2.45) is 0 Å². The lowest BCUT2D eigenvalue weighted by atomic mass is 10.0. The summed E-state index contributed by atoms with van der Waals surface area (Å²) >= 11 is 0. The molecule has 2 aromatic carbocycles. The summed E-state index contributed by atoms with van der Waals surface area (Å²) in [5.74, 6) is -0.0247. The number of ketones is 1. The molecule has 0 aromatic heterocycles. The van der Waals surface area contributed by atoms with Crippen LogP contribution in [0.1, 0.15) is 21.5 Å². The predicted molar refractivity (Wildman–Crippen MR) is 96.0 cm³/mol. The van der Waals surface area contributed by atoms with E-state index >= 15 is 0 Å². The van der Waals surface area contributed by atoms with Crippen LogP contribution in [0.25, 0.3) is 12.2 Å². The van der Waals surface area contributed by atoms with E-state index in [4.69, 9.17) is 14.6 Å². The number of rotatable bonds is 7. The Hall–Kier alpha value is -3.34. The standard InChI is InChI=1S/C20H18O5/c1-24-17-8-3-14(4-9-17)5-10-18(21)15-6-11-19(25-2)16(13-15)7-12-20(22)23/h3-13H,1-2H3,(H,22,23)/b10-5+,12-7+. The molecule has 0 fully saturated rings. The second-order valence-corrected chi connectivity index (χ2v) is 5.10. The zero-order valence-corrected chi connectivity index (χ0v) is 13.9. The minimum absolute atomic E-state index is 0.191. The molecule has 2 aromatic rings. The lowest BCUT2D eigenvalue weighted by molar-refractivity contribution is -0.131. The van der Waals surface area contributed by atoms with Crippen LogP contribution in [0.2, 0.25) is 0 Å². The second-order valence-electron chi connectivity index (χ2n) is 5.10. The molecule has 0 heterocycles. The molecule has 0 spiro atoms. The lowest BCUT2D eigenvalue weighted by Crippen LogP contribution is -1.97. The number of methoxy groups -OCH3 is 2. The largest absolute Gasteiger partial charge is 0.497 e. The van der Waals surface area contributed by atoms with Crippen molar-refractivity contribution in [3.63, 3.8) is 0 Å². The number of benzene rings is 2. The van der Waals surface area contributed by atoms with Gasteiger partial charge < -0.3 is 14.6 Å². The first kappa shape index (κ1) is 18.0. The Labute approximate surface area is 145 Å². The van der Waals surface area contributed by atoms with Crippen LogP contribution in [0.3, 0.4) is 0 Å². The summed E-state index contributed by atoms with van der Waals surface area (Å²) in [5.41, 5.74) is 1.83. The summed E-state index contributed by atoms with van der Waals surface area (Å²) in [5, 5.41) is 8.75. The smallest absolute Gasteiger partial charge is 0.328 e. The van der Waals surface area contributed by atoms with Gasteiger partial charge in [0.25, 0.3) is 0 Å². The summed E-state index contributed by atoms with van der Waals surface area (Å²) in [4.78, 5) is 23.0. The zero-order chi connectivity index (χ0) is 18.2. The molecule has 0 saturated carbocycles. The van der Waals surface area contributed by atoms with Crippen LogP contribution >= 0.6 is 0 Å². The van der Waals surface area contributed by atoms with Crippen molar-refractivity contribution >= 4 is 23.9 Å². The van der Waals surface area contributed by atoms with Gasteiger partial charge in [-0.15, -0.1) is 0 Å². The van der Waals surface area contributed by atoms with E-state index in [9.17, 15) is 9.59 Å². The number of carboxylic acids is 1. The van der Waals surface area contributed by atoms with Crippen molar-refractivity contribution in [3.8, 4) is 11.5 Å². The average molecular weight is 338 g/mol. The van der Waals surface area contributed by atoms with E-state index in [1.165, 1.54) is 19.3 Å². The van der Waals surface area contributed by atoms with Crippen molar-refractivity contribution < 1.29 is 24.2 Å².